The Hall–Kier alpha value is -9.18. The highest BCUT2D eigenvalue weighted by Crippen LogP contribution is 2.50. The van der Waals surface area contributed by atoms with E-state index >= 15 is 0 Å². The topological polar surface area (TPSA) is 56.4 Å². The first-order chi connectivity index (χ1) is 38.4. The molecule has 14 rings (SSSR count). The number of pyridine rings is 1. The number of hydrogen-bond acceptors (Lipinski definition) is 2. The van der Waals surface area contributed by atoms with Crippen LogP contribution in [0.4, 0.5) is 0 Å². The number of nitriles is 1. The third-order valence-corrected chi connectivity index (χ3v) is 17.1. The Morgan fingerprint density at radius 1 is 0.342 bits per heavy atom. The first-order valence-corrected chi connectivity index (χ1v) is 28.1. The molecule has 0 saturated heterocycles. The van der Waals surface area contributed by atoms with Gasteiger partial charge in [0.25, 0.3) is 0 Å². The van der Waals surface area contributed by atoms with Gasteiger partial charge in [0.2, 0.25) is 0 Å². The lowest BCUT2D eigenvalue weighted by molar-refractivity contribution is 0.868. The van der Waals surface area contributed by atoms with Crippen LogP contribution in [-0.4, -0.2) is 23.3 Å². The van der Waals surface area contributed by atoms with Crippen molar-refractivity contribution in [3.63, 3.8) is 0 Å². The highest BCUT2D eigenvalue weighted by molar-refractivity contribution is 6.16. The summed E-state index contributed by atoms with van der Waals surface area (Å²) in [4.78, 5) is 6.47. The maximum atomic E-state index is 11.1. The van der Waals surface area contributed by atoms with Gasteiger partial charge >= 0.3 is 0 Å². The van der Waals surface area contributed by atoms with Crippen molar-refractivity contribution in [1.29, 1.82) is 5.26 Å². The molecule has 0 aliphatic rings. The smallest absolute Gasteiger partial charge is 0.165 e. The first-order valence-electron chi connectivity index (χ1n) is 28.1. The largest absolute Gasteiger partial charge is 0.305 e. The van der Waals surface area contributed by atoms with E-state index in [9.17, 15) is 5.26 Å². The summed E-state index contributed by atoms with van der Waals surface area (Å²) in [6, 6.07) is 72.7. The van der Waals surface area contributed by atoms with Crippen LogP contribution < -0.4 is 0 Å². The van der Waals surface area contributed by atoms with Gasteiger partial charge in [0.05, 0.1) is 55.8 Å². The Bertz CT molecular complexity index is 4610. The second-order valence-corrected chi connectivity index (χ2v) is 23.1. The molecule has 6 heteroatoms. The number of fused-ring (bicyclic) bond motifs is 12. The van der Waals surface area contributed by atoms with Crippen molar-refractivity contribution in [2.75, 3.05) is 0 Å². The van der Waals surface area contributed by atoms with E-state index in [0.29, 0.717) is 29.2 Å². The minimum Gasteiger partial charge on any atom is -0.305 e. The zero-order chi connectivity index (χ0) is 54.1. The fourth-order valence-electron chi connectivity index (χ4n) is 12.8. The van der Waals surface area contributed by atoms with E-state index in [1.54, 1.807) is 0 Å². The number of benzene rings is 9. The van der Waals surface area contributed by atoms with Gasteiger partial charge in [-0.1, -0.05) is 165 Å². The SMILES string of the molecule is Cc1ccc(-c2c(-n3c4ccccc4c4cc(C(C)C)ccc43)c(-n3c4ccccc4c4cc(C(C)C)ccc43)nc(-n3c4ccccc4c4cc(C(C)C)ccc43)c2-n2c3ccccc3c3cc(C(C)C)ccc32)cc1C#N. The van der Waals surface area contributed by atoms with Gasteiger partial charge in [0.1, 0.15) is 11.4 Å². The molecule has 384 valence electrons. The minimum atomic E-state index is 0.324. The molecule has 0 saturated carbocycles. The van der Waals surface area contributed by atoms with Gasteiger partial charge in [0.15, 0.2) is 11.6 Å². The second kappa shape index (κ2) is 18.2. The van der Waals surface area contributed by atoms with Crippen molar-refractivity contribution in [3.05, 3.63) is 221 Å². The van der Waals surface area contributed by atoms with Gasteiger partial charge in [-0.2, -0.15) is 5.26 Å². The number of para-hydroxylation sites is 4. The Labute approximate surface area is 461 Å². The molecule has 14 aromatic rings. The number of nitrogens with zero attached hydrogens (tertiary/aromatic N) is 6. The van der Waals surface area contributed by atoms with Crippen LogP contribution in [0.1, 0.15) is 112 Å². The quantitative estimate of drug-likeness (QED) is 0.145. The third-order valence-electron chi connectivity index (χ3n) is 17.1. The summed E-state index contributed by atoms with van der Waals surface area (Å²) >= 11 is 0. The normalized spacial score (nSPS) is 12.3. The fourth-order valence-corrected chi connectivity index (χ4v) is 12.8. The molecule has 6 nitrogen and oxygen atoms in total. The fraction of sp³-hybridized carbons (Fsp3) is 0.178. The van der Waals surface area contributed by atoms with Gasteiger partial charge in [-0.05, 0) is 143 Å². The molecular weight excluding hydrogens is 961 g/mol. The van der Waals surface area contributed by atoms with Crippen molar-refractivity contribution in [3.8, 4) is 40.2 Å². The predicted molar refractivity (Wildman–Crippen MR) is 333 cm³/mol. The maximum Gasteiger partial charge on any atom is 0.165 e. The highest BCUT2D eigenvalue weighted by atomic mass is 15.2. The average molecular weight is 1020 g/mol. The summed E-state index contributed by atoms with van der Waals surface area (Å²) in [5, 5.41) is 20.5. The highest BCUT2D eigenvalue weighted by Gasteiger charge is 2.33. The van der Waals surface area contributed by atoms with E-state index in [-0.39, 0.29) is 0 Å². The van der Waals surface area contributed by atoms with Crippen LogP contribution in [0, 0.1) is 18.3 Å². The first kappa shape index (κ1) is 48.2. The molecule has 0 spiro atoms. The molecule has 5 aromatic heterocycles. The Morgan fingerprint density at radius 3 is 0.975 bits per heavy atom. The lowest BCUT2D eigenvalue weighted by Gasteiger charge is -2.27. The van der Waals surface area contributed by atoms with E-state index in [1.165, 1.54) is 43.8 Å². The Morgan fingerprint density at radius 2 is 0.646 bits per heavy atom. The molecule has 0 unspecified atom stereocenters. The number of hydrogen-bond donors (Lipinski definition) is 0. The van der Waals surface area contributed by atoms with E-state index in [0.717, 1.165) is 105 Å². The zero-order valence-corrected chi connectivity index (χ0v) is 46.4. The van der Waals surface area contributed by atoms with Crippen molar-refractivity contribution in [2.45, 2.75) is 86.0 Å². The molecule has 79 heavy (non-hydrogen) atoms. The maximum absolute atomic E-state index is 11.1. The van der Waals surface area contributed by atoms with Crippen molar-refractivity contribution >= 4 is 87.2 Å². The third kappa shape index (κ3) is 7.25. The van der Waals surface area contributed by atoms with Crippen LogP contribution in [-0.2, 0) is 0 Å². The summed E-state index contributed by atoms with van der Waals surface area (Å²) < 4.78 is 9.88. The van der Waals surface area contributed by atoms with Crippen molar-refractivity contribution in [2.24, 2.45) is 0 Å². The molecule has 0 radical (unpaired) electrons. The lowest BCUT2D eigenvalue weighted by Crippen LogP contribution is -2.16. The van der Waals surface area contributed by atoms with Crippen LogP contribution in [0.5, 0.6) is 0 Å². The van der Waals surface area contributed by atoms with Crippen molar-refractivity contribution < 1.29 is 0 Å². The molecule has 0 fully saturated rings. The van der Waals surface area contributed by atoms with Crippen LogP contribution >= 0.6 is 0 Å². The minimum absolute atomic E-state index is 0.324. The van der Waals surface area contributed by atoms with E-state index in [4.69, 9.17) is 4.98 Å². The van der Waals surface area contributed by atoms with Gasteiger partial charge in [0, 0.05) is 48.7 Å². The van der Waals surface area contributed by atoms with Crippen LogP contribution in [0.3, 0.4) is 0 Å². The molecule has 0 bridgehead atoms. The standard InChI is InChI=1S/C73H62N6/c1-42(2)47-28-32-65-57(37-47)53-18-10-14-22-61(53)76(65)70-69(51-27-26-46(9)52(36-51)41-74)71(77-62-23-15-11-19-54(62)58-38-48(43(3)4)29-33-66(58)77)73(79-64-25-17-13-21-56(64)60-40-50(45(7)8)31-35-68(60)79)75-72(70)78-63-24-16-12-20-55(63)59-39-49(44(5)6)30-34-67(59)78/h10-40,42-45H,1-9H3. The Balaban J connectivity index is 1.32. The van der Waals surface area contributed by atoms with Gasteiger partial charge in [-0.15, -0.1) is 0 Å². The molecule has 0 aliphatic carbocycles. The average Bonchev–Trinajstić information content (AvgIpc) is 4.36. The summed E-state index contributed by atoms with van der Waals surface area (Å²) in [7, 11) is 0. The van der Waals surface area contributed by atoms with Gasteiger partial charge in [-0.25, -0.2) is 4.98 Å². The zero-order valence-electron chi connectivity index (χ0n) is 46.4. The van der Waals surface area contributed by atoms with E-state index in [2.05, 4.69) is 268 Å². The lowest BCUT2D eigenvalue weighted by atomic mass is 9.96. The van der Waals surface area contributed by atoms with Gasteiger partial charge in [-0.3, -0.25) is 9.13 Å². The molecule has 9 aromatic carbocycles. The second-order valence-electron chi connectivity index (χ2n) is 23.1. The molecule has 0 amide bonds. The number of rotatable bonds is 9. The Kier molecular flexibility index (Phi) is 11.1. The van der Waals surface area contributed by atoms with Crippen LogP contribution in [0.25, 0.3) is 121 Å². The molecule has 0 aliphatic heterocycles. The van der Waals surface area contributed by atoms with Gasteiger partial charge < -0.3 is 9.13 Å². The summed E-state index contributed by atoms with van der Waals surface area (Å²) in [5.41, 5.74) is 18.9. The monoisotopic (exact) mass is 1020 g/mol. The van der Waals surface area contributed by atoms with Crippen LogP contribution in [0.15, 0.2) is 188 Å². The summed E-state index contributed by atoms with van der Waals surface area (Å²) in [6.45, 7) is 20.2. The van der Waals surface area contributed by atoms with E-state index in [1.807, 2.05) is 6.92 Å². The number of aryl methyl sites for hydroxylation is 1. The molecule has 5 heterocycles. The molecule has 0 atom stereocenters. The van der Waals surface area contributed by atoms with Crippen molar-refractivity contribution in [1.82, 2.24) is 23.3 Å². The predicted octanol–water partition coefficient (Wildman–Crippen LogP) is 19.8. The summed E-state index contributed by atoms with van der Waals surface area (Å²) in [5.74, 6) is 2.86. The van der Waals surface area contributed by atoms with E-state index < -0.39 is 0 Å². The molecule has 0 N–H and O–H groups in total. The summed E-state index contributed by atoms with van der Waals surface area (Å²) in [6.07, 6.45) is 0. The van der Waals surface area contributed by atoms with Crippen LogP contribution in [0.2, 0.25) is 0 Å². The number of aromatic nitrogens is 5. The molecular formula is C73H62N6.